The normalized spacial score (nSPS) is 26.8. The van der Waals surface area contributed by atoms with E-state index in [0.29, 0.717) is 25.5 Å². The van der Waals surface area contributed by atoms with Gasteiger partial charge in [-0.05, 0) is 12.5 Å². The summed E-state index contributed by atoms with van der Waals surface area (Å²) < 4.78 is 5.62. The number of benzene rings is 1. The number of fused-ring (bicyclic) bond motifs is 2. The summed E-state index contributed by atoms with van der Waals surface area (Å²) in [5, 5.41) is 6.09. The molecule has 19 heavy (non-hydrogen) atoms. The lowest BCUT2D eigenvalue weighted by Crippen LogP contribution is -2.47. The Morgan fingerprint density at radius 3 is 3.11 bits per heavy atom. The van der Waals surface area contributed by atoms with E-state index in [1.807, 2.05) is 24.3 Å². The van der Waals surface area contributed by atoms with Gasteiger partial charge in [-0.3, -0.25) is 15.1 Å². The summed E-state index contributed by atoms with van der Waals surface area (Å²) in [4.78, 5) is 16.7. The van der Waals surface area contributed by atoms with Crippen LogP contribution in [0.3, 0.4) is 0 Å². The molecule has 1 aromatic carbocycles. The fraction of sp³-hybridized carbons (Fsp3) is 0.429. The summed E-state index contributed by atoms with van der Waals surface area (Å²) in [7, 11) is 0. The van der Waals surface area contributed by atoms with Crippen LogP contribution in [0.4, 0.5) is 0 Å². The summed E-state index contributed by atoms with van der Waals surface area (Å²) in [6.07, 6.45) is 1.56. The highest BCUT2D eigenvalue weighted by Crippen LogP contribution is 2.38. The summed E-state index contributed by atoms with van der Waals surface area (Å²) in [5.41, 5.74) is 0.168. The topological polar surface area (TPSA) is 62.7 Å². The molecular weight excluding hydrogens is 242 g/mol. The molecule has 0 radical (unpaired) electrons. The monoisotopic (exact) mass is 259 g/mol. The van der Waals surface area contributed by atoms with Crippen molar-refractivity contribution < 1.29 is 9.53 Å². The van der Waals surface area contributed by atoms with E-state index in [4.69, 9.17) is 4.74 Å². The molecule has 2 N–H and O–H groups in total. The van der Waals surface area contributed by atoms with Crippen molar-refractivity contribution in [1.29, 1.82) is 0 Å². The lowest BCUT2D eigenvalue weighted by molar-refractivity contribution is -0.125. The molecule has 1 atom stereocenters. The predicted octanol–water partition coefficient (Wildman–Crippen LogP) is 1.15. The molecule has 1 amide bonds. The minimum Gasteiger partial charge on any atom is -0.493 e. The second kappa shape index (κ2) is 4.57. The van der Waals surface area contributed by atoms with Gasteiger partial charge in [-0.15, -0.1) is 0 Å². The number of nitrogens with one attached hydrogen (secondary N) is 2. The van der Waals surface area contributed by atoms with E-state index in [1.165, 1.54) is 0 Å². The third-order valence-corrected chi connectivity index (χ3v) is 3.53. The average molecular weight is 259 g/mol. The van der Waals surface area contributed by atoms with E-state index in [1.54, 1.807) is 0 Å². The molecule has 0 aromatic heterocycles. The predicted molar refractivity (Wildman–Crippen MR) is 72.1 cm³/mol. The molecule has 1 aromatic rings. The molecule has 5 heteroatoms. The fourth-order valence-corrected chi connectivity index (χ4v) is 2.57. The largest absolute Gasteiger partial charge is 0.493 e. The SMILES string of the molecule is CCCN=C1NC(=O)C2(CCOc3ccccc32)N1. The van der Waals surface area contributed by atoms with E-state index < -0.39 is 5.54 Å². The maximum atomic E-state index is 12.4. The molecule has 1 fully saturated rings. The van der Waals surface area contributed by atoms with Gasteiger partial charge in [-0.2, -0.15) is 0 Å². The number of rotatable bonds is 2. The highest BCUT2D eigenvalue weighted by atomic mass is 16.5. The van der Waals surface area contributed by atoms with E-state index >= 15 is 0 Å². The van der Waals surface area contributed by atoms with Crippen LogP contribution in [0, 0.1) is 0 Å². The first kappa shape index (κ1) is 12.0. The lowest BCUT2D eigenvalue weighted by Gasteiger charge is -2.32. The van der Waals surface area contributed by atoms with Crippen molar-refractivity contribution in [2.45, 2.75) is 25.3 Å². The van der Waals surface area contributed by atoms with Crippen LogP contribution >= 0.6 is 0 Å². The standard InChI is InChI=1S/C14H17N3O2/c1-2-8-15-13-16-12(18)14(17-13)7-9-19-11-6-4-3-5-10(11)14/h3-6H,2,7-9H2,1H3,(H2,15,16,17,18). The number of guanidine groups is 1. The van der Waals surface area contributed by atoms with Crippen LogP contribution in [-0.4, -0.2) is 25.0 Å². The second-order valence-electron chi connectivity index (χ2n) is 4.81. The number of hydrogen-bond acceptors (Lipinski definition) is 3. The minimum atomic E-state index is -0.721. The first-order valence-corrected chi connectivity index (χ1v) is 6.62. The van der Waals surface area contributed by atoms with Crippen LogP contribution in [0.2, 0.25) is 0 Å². The molecule has 3 rings (SSSR count). The van der Waals surface area contributed by atoms with Gasteiger partial charge in [0, 0.05) is 18.5 Å². The van der Waals surface area contributed by atoms with E-state index in [2.05, 4.69) is 22.5 Å². The number of ether oxygens (including phenoxy) is 1. The third-order valence-electron chi connectivity index (χ3n) is 3.53. The smallest absolute Gasteiger partial charge is 0.257 e. The Balaban J connectivity index is 1.99. The van der Waals surface area contributed by atoms with Crippen LogP contribution in [0.15, 0.2) is 29.3 Å². The van der Waals surface area contributed by atoms with E-state index in [-0.39, 0.29) is 5.91 Å². The number of carbonyl (C=O) groups is 1. The average Bonchev–Trinajstić information content (AvgIpc) is 2.74. The molecule has 1 unspecified atom stereocenters. The van der Waals surface area contributed by atoms with Crippen molar-refractivity contribution in [1.82, 2.24) is 10.6 Å². The van der Waals surface area contributed by atoms with Crippen molar-refractivity contribution in [3.8, 4) is 5.75 Å². The summed E-state index contributed by atoms with van der Waals surface area (Å²) in [5.74, 6) is 1.30. The Hall–Kier alpha value is -2.04. The van der Waals surface area contributed by atoms with Crippen molar-refractivity contribution in [3.05, 3.63) is 29.8 Å². The number of nitrogens with zero attached hydrogens (tertiary/aromatic N) is 1. The third kappa shape index (κ3) is 1.85. The van der Waals surface area contributed by atoms with Gasteiger partial charge in [-0.1, -0.05) is 25.1 Å². The van der Waals surface area contributed by atoms with Crippen LogP contribution in [0.1, 0.15) is 25.3 Å². The van der Waals surface area contributed by atoms with E-state index in [9.17, 15) is 4.79 Å². The number of carbonyl (C=O) groups excluding carboxylic acids is 1. The second-order valence-corrected chi connectivity index (χ2v) is 4.81. The summed E-state index contributed by atoms with van der Waals surface area (Å²) >= 11 is 0. The van der Waals surface area contributed by atoms with Crippen molar-refractivity contribution in [2.75, 3.05) is 13.2 Å². The highest BCUT2D eigenvalue weighted by molar-refractivity contribution is 6.09. The minimum absolute atomic E-state index is 0.0434. The molecule has 2 aliphatic rings. The van der Waals surface area contributed by atoms with Gasteiger partial charge in [0.25, 0.3) is 5.91 Å². The molecule has 1 spiro atoms. The first-order chi connectivity index (χ1) is 9.26. The van der Waals surface area contributed by atoms with Crippen LogP contribution in [0.5, 0.6) is 5.75 Å². The Kier molecular flexibility index (Phi) is 2.89. The summed E-state index contributed by atoms with van der Waals surface area (Å²) in [6, 6.07) is 7.67. The Labute approximate surface area is 112 Å². The van der Waals surface area contributed by atoms with Gasteiger partial charge in [0.2, 0.25) is 0 Å². The molecule has 2 heterocycles. The van der Waals surface area contributed by atoms with E-state index in [0.717, 1.165) is 17.7 Å². The molecule has 0 bridgehead atoms. The molecule has 100 valence electrons. The van der Waals surface area contributed by atoms with Gasteiger partial charge in [0.15, 0.2) is 11.5 Å². The maximum Gasteiger partial charge on any atom is 0.257 e. The Morgan fingerprint density at radius 1 is 1.42 bits per heavy atom. The zero-order valence-corrected chi connectivity index (χ0v) is 10.9. The van der Waals surface area contributed by atoms with Gasteiger partial charge in [0.05, 0.1) is 6.61 Å². The quantitative estimate of drug-likeness (QED) is 0.837. The number of amides is 1. The van der Waals surface area contributed by atoms with Crippen LogP contribution < -0.4 is 15.4 Å². The zero-order valence-electron chi connectivity index (χ0n) is 10.9. The van der Waals surface area contributed by atoms with Crippen molar-refractivity contribution in [2.24, 2.45) is 4.99 Å². The number of hydrogen-bond donors (Lipinski definition) is 2. The summed E-state index contributed by atoms with van der Waals surface area (Å²) in [6.45, 7) is 3.29. The van der Waals surface area contributed by atoms with Crippen LogP contribution in [-0.2, 0) is 10.3 Å². The van der Waals surface area contributed by atoms with Gasteiger partial charge >= 0.3 is 0 Å². The Bertz CT molecular complexity index is 541. The fourth-order valence-electron chi connectivity index (χ4n) is 2.57. The molecule has 0 aliphatic carbocycles. The number of aliphatic imine (C=N–C) groups is 1. The maximum absolute atomic E-state index is 12.4. The lowest BCUT2D eigenvalue weighted by atomic mass is 9.85. The molecule has 0 saturated carbocycles. The first-order valence-electron chi connectivity index (χ1n) is 6.62. The van der Waals surface area contributed by atoms with Crippen molar-refractivity contribution in [3.63, 3.8) is 0 Å². The number of para-hydroxylation sites is 1. The highest BCUT2D eigenvalue weighted by Gasteiger charge is 2.49. The van der Waals surface area contributed by atoms with Gasteiger partial charge in [-0.25, -0.2) is 0 Å². The Morgan fingerprint density at radius 2 is 2.26 bits per heavy atom. The molecule has 1 saturated heterocycles. The molecule has 5 nitrogen and oxygen atoms in total. The van der Waals surface area contributed by atoms with Gasteiger partial charge < -0.3 is 10.1 Å². The molecule has 2 aliphatic heterocycles. The zero-order chi connectivity index (χ0) is 13.3. The van der Waals surface area contributed by atoms with Crippen LogP contribution in [0.25, 0.3) is 0 Å². The van der Waals surface area contributed by atoms with Gasteiger partial charge in [0.1, 0.15) is 5.75 Å². The molecular formula is C14H17N3O2. The van der Waals surface area contributed by atoms with Crippen molar-refractivity contribution >= 4 is 11.9 Å².